The average molecular weight is 236 g/mol. The minimum Gasteiger partial charge on any atom is -0.497 e. The summed E-state index contributed by atoms with van der Waals surface area (Å²) in [4.78, 5) is 0. The number of nitrogens with zero attached hydrogens (tertiary/aromatic N) is 1. The van der Waals surface area contributed by atoms with Crippen LogP contribution >= 0.6 is 11.5 Å². The zero-order chi connectivity index (χ0) is 11.4. The van der Waals surface area contributed by atoms with Crippen LogP contribution in [0.15, 0.2) is 30.3 Å². The van der Waals surface area contributed by atoms with Crippen LogP contribution in [0.5, 0.6) is 11.5 Å². The van der Waals surface area contributed by atoms with Crippen molar-refractivity contribution in [3.8, 4) is 11.5 Å². The Hall–Kier alpha value is -1.75. The van der Waals surface area contributed by atoms with Crippen molar-refractivity contribution in [2.75, 3.05) is 12.8 Å². The molecule has 0 bridgehead atoms. The van der Waals surface area contributed by atoms with Gasteiger partial charge in [-0.15, -0.1) is 0 Å². The summed E-state index contributed by atoms with van der Waals surface area (Å²) in [5, 5.41) is 0.698. The molecule has 1 aromatic carbocycles. The summed E-state index contributed by atoms with van der Waals surface area (Å²) in [6.07, 6.45) is 0. The lowest BCUT2D eigenvalue weighted by molar-refractivity contribution is 0.300. The first-order chi connectivity index (χ1) is 7.78. The van der Waals surface area contributed by atoms with Gasteiger partial charge >= 0.3 is 0 Å². The van der Waals surface area contributed by atoms with Gasteiger partial charge in [0.05, 0.1) is 12.8 Å². The van der Waals surface area contributed by atoms with E-state index < -0.39 is 0 Å². The van der Waals surface area contributed by atoms with Crippen LogP contribution < -0.4 is 15.2 Å². The fourth-order valence-corrected chi connectivity index (χ4v) is 1.76. The molecular formula is C11H12N2O2S. The molecule has 2 N–H and O–H groups in total. The van der Waals surface area contributed by atoms with Crippen LogP contribution in [0.3, 0.4) is 0 Å². The molecule has 5 heteroatoms. The first kappa shape index (κ1) is 10.8. The van der Waals surface area contributed by atoms with Gasteiger partial charge in [-0.2, -0.15) is 4.37 Å². The molecule has 0 aliphatic heterocycles. The zero-order valence-corrected chi connectivity index (χ0v) is 9.66. The first-order valence-corrected chi connectivity index (χ1v) is 5.53. The summed E-state index contributed by atoms with van der Waals surface area (Å²) in [7, 11) is 1.63. The second kappa shape index (κ2) is 4.85. The normalized spacial score (nSPS) is 10.1. The number of anilines is 1. The number of rotatable bonds is 4. The molecule has 16 heavy (non-hydrogen) atoms. The van der Waals surface area contributed by atoms with Crippen LogP contribution in [0.2, 0.25) is 0 Å². The van der Waals surface area contributed by atoms with Crippen molar-refractivity contribution in [3.63, 3.8) is 0 Å². The van der Waals surface area contributed by atoms with E-state index in [4.69, 9.17) is 15.2 Å². The number of hydrogen-bond acceptors (Lipinski definition) is 5. The van der Waals surface area contributed by atoms with Gasteiger partial charge in [0, 0.05) is 6.07 Å². The molecule has 0 spiro atoms. The Kier molecular flexibility index (Phi) is 3.26. The van der Waals surface area contributed by atoms with Crippen molar-refractivity contribution in [2.45, 2.75) is 6.61 Å². The molecule has 0 fully saturated rings. The Morgan fingerprint density at radius 2 is 2.12 bits per heavy atom. The molecule has 0 atom stereocenters. The van der Waals surface area contributed by atoms with E-state index in [1.165, 1.54) is 11.5 Å². The van der Waals surface area contributed by atoms with Crippen LogP contribution in [0, 0.1) is 0 Å². The van der Waals surface area contributed by atoms with Gasteiger partial charge in [-0.3, -0.25) is 0 Å². The summed E-state index contributed by atoms with van der Waals surface area (Å²) >= 11 is 1.27. The monoisotopic (exact) mass is 236 g/mol. The van der Waals surface area contributed by atoms with Crippen LogP contribution in [0.4, 0.5) is 5.00 Å². The van der Waals surface area contributed by atoms with Gasteiger partial charge in [-0.25, -0.2) is 0 Å². The summed E-state index contributed by atoms with van der Waals surface area (Å²) in [6.45, 7) is 0.418. The Balaban J connectivity index is 1.99. The van der Waals surface area contributed by atoms with Crippen LogP contribution in [0.1, 0.15) is 5.69 Å². The van der Waals surface area contributed by atoms with Gasteiger partial charge < -0.3 is 15.2 Å². The second-order valence-electron chi connectivity index (χ2n) is 3.19. The Morgan fingerprint density at radius 1 is 1.31 bits per heavy atom. The van der Waals surface area contributed by atoms with Crippen LogP contribution in [0.25, 0.3) is 0 Å². The molecule has 0 aliphatic carbocycles. The number of benzene rings is 1. The maximum absolute atomic E-state index is 5.57. The van der Waals surface area contributed by atoms with E-state index in [-0.39, 0.29) is 0 Å². The lowest BCUT2D eigenvalue weighted by Gasteiger charge is -2.05. The van der Waals surface area contributed by atoms with Crippen LogP contribution in [-0.4, -0.2) is 11.5 Å². The lowest BCUT2D eigenvalue weighted by Crippen LogP contribution is -1.95. The molecule has 0 amide bonds. The van der Waals surface area contributed by atoms with Gasteiger partial charge in [0.25, 0.3) is 0 Å². The fourth-order valence-electron chi connectivity index (χ4n) is 1.24. The average Bonchev–Trinajstić information content (AvgIpc) is 2.73. The molecule has 84 valence electrons. The van der Waals surface area contributed by atoms with Gasteiger partial charge in [0.1, 0.15) is 23.1 Å². The summed E-state index contributed by atoms with van der Waals surface area (Å²) in [6, 6.07) is 9.26. The highest BCUT2D eigenvalue weighted by molar-refractivity contribution is 7.09. The largest absolute Gasteiger partial charge is 0.497 e. The summed E-state index contributed by atoms with van der Waals surface area (Å²) in [5.74, 6) is 1.53. The SMILES string of the molecule is COc1cccc(OCc2cc(N)sn2)c1. The fraction of sp³-hybridized carbons (Fsp3) is 0.182. The predicted octanol–water partition coefficient (Wildman–Crippen LogP) is 2.31. The quantitative estimate of drug-likeness (QED) is 0.885. The highest BCUT2D eigenvalue weighted by Gasteiger charge is 2.01. The first-order valence-electron chi connectivity index (χ1n) is 4.76. The molecule has 1 heterocycles. The lowest BCUT2D eigenvalue weighted by atomic mass is 10.3. The van der Waals surface area contributed by atoms with Gasteiger partial charge in [0.2, 0.25) is 0 Å². The third-order valence-electron chi connectivity index (χ3n) is 2.01. The molecule has 0 saturated heterocycles. The number of nitrogen functional groups attached to an aromatic ring is 1. The molecule has 2 rings (SSSR count). The number of ether oxygens (including phenoxy) is 2. The number of nitrogens with two attached hydrogens (primary N) is 1. The smallest absolute Gasteiger partial charge is 0.131 e. The molecule has 0 aliphatic rings. The van der Waals surface area contributed by atoms with Crippen molar-refractivity contribution in [2.24, 2.45) is 0 Å². The number of hydrogen-bond donors (Lipinski definition) is 1. The molecule has 2 aromatic rings. The van der Waals surface area contributed by atoms with E-state index in [0.717, 1.165) is 17.2 Å². The molecule has 0 saturated carbocycles. The minimum absolute atomic E-state index is 0.418. The van der Waals surface area contributed by atoms with Crippen molar-refractivity contribution in [1.82, 2.24) is 4.37 Å². The second-order valence-corrected chi connectivity index (χ2v) is 4.02. The van der Waals surface area contributed by atoms with Crippen molar-refractivity contribution >= 4 is 16.5 Å². The van der Waals surface area contributed by atoms with Gasteiger partial charge in [-0.05, 0) is 29.7 Å². The van der Waals surface area contributed by atoms with E-state index in [9.17, 15) is 0 Å². The summed E-state index contributed by atoms with van der Waals surface area (Å²) in [5.41, 5.74) is 6.41. The minimum atomic E-state index is 0.418. The van der Waals surface area contributed by atoms with Crippen molar-refractivity contribution in [3.05, 3.63) is 36.0 Å². The molecule has 0 radical (unpaired) electrons. The van der Waals surface area contributed by atoms with E-state index in [0.29, 0.717) is 11.6 Å². The molecule has 0 unspecified atom stereocenters. The van der Waals surface area contributed by atoms with E-state index in [1.807, 2.05) is 30.3 Å². The molecule has 1 aromatic heterocycles. The number of methoxy groups -OCH3 is 1. The third-order valence-corrected chi connectivity index (χ3v) is 2.66. The summed E-state index contributed by atoms with van der Waals surface area (Å²) < 4.78 is 14.8. The standard InChI is InChI=1S/C11H12N2O2S/c1-14-9-3-2-4-10(6-9)15-7-8-5-11(12)16-13-8/h2-6H,7,12H2,1H3. The zero-order valence-electron chi connectivity index (χ0n) is 8.84. The maximum Gasteiger partial charge on any atom is 0.131 e. The predicted molar refractivity (Wildman–Crippen MR) is 63.9 cm³/mol. The van der Waals surface area contributed by atoms with E-state index in [2.05, 4.69) is 4.37 Å². The Bertz CT molecular complexity index is 471. The number of aromatic nitrogens is 1. The van der Waals surface area contributed by atoms with Crippen molar-refractivity contribution in [1.29, 1.82) is 0 Å². The van der Waals surface area contributed by atoms with Crippen LogP contribution in [-0.2, 0) is 6.61 Å². The highest BCUT2D eigenvalue weighted by atomic mass is 32.1. The third kappa shape index (κ3) is 2.64. The molecular weight excluding hydrogens is 224 g/mol. The van der Waals surface area contributed by atoms with Crippen molar-refractivity contribution < 1.29 is 9.47 Å². The molecule has 4 nitrogen and oxygen atoms in total. The topological polar surface area (TPSA) is 57.4 Å². The highest BCUT2D eigenvalue weighted by Crippen LogP contribution is 2.20. The van der Waals surface area contributed by atoms with Gasteiger partial charge in [0.15, 0.2) is 0 Å². The Morgan fingerprint density at radius 3 is 2.81 bits per heavy atom. The maximum atomic E-state index is 5.57. The van der Waals surface area contributed by atoms with Gasteiger partial charge in [-0.1, -0.05) is 6.07 Å². The van der Waals surface area contributed by atoms with E-state index >= 15 is 0 Å². The Labute approximate surface area is 97.8 Å². The van der Waals surface area contributed by atoms with E-state index in [1.54, 1.807) is 7.11 Å².